The third kappa shape index (κ3) is 25.1. The highest BCUT2D eigenvalue weighted by molar-refractivity contribution is 7.47. The molecule has 0 amide bonds. The van der Waals surface area contributed by atoms with Gasteiger partial charge in [0.05, 0.1) is 27.7 Å². The molecule has 2 unspecified atom stereocenters. The van der Waals surface area contributed by atoms with Crippen molar-refractivity contribution in [3.63, 3.8) is 0 Å². The number of hydrogen-bond donors (Lipinski definition) is 2. The molecule has 0 aromatic rings. The van der Waals surface area contributed by atoms with Crippen LogP contribution in [-0.2, 0) is 18.3 Å². The molecule has 0 saturated heterocycles. The van der Waals surface area contributed by atoms with Crippen LogP contribution in [-0.4, -0.2) is 69.5 Å². The van der Waals surface area contributed by atoms with Crippen molar-refractivity contribution in [2.75, 3.05) is 54.1 Å². The highest BCUT2D eigenvalue weighted by atomic mass is 31.2. The second-order valence-corrected chi connectivity index (χ2v) is 12.1. The first-order valence-corrected chi connectivity index (χ1v) is 15.4. The fourth-order valence-corrected chi connectivity index (χ4v) is 4.65. The molecule has 7 nitrogen and oxygen atoms in total. The minimum Gasteiger partial charge on any atom is -0.379 e. The maximum absolute atomic E-state index is 12.1. The summed E-state index contributed by atoms with van der Waals surface area (Å²) in [5.74, 6) is 0. The zero-order chi connectivity index (χ0) is 25.5. The Morgan fingerprint density at radius 1 is 0.765 bits per heavy atom. The lowest BCUT2D eigenvalue weighted by Crippen LogP contribution is -2.37. The van der Waals surface area contributed by atoms with E-state index < -0.39 is 13.9 Å². The van der Waals surface area contributed by atoms with Crippen molar-refractivity contribution in [1.29, 1.82) is 0 Å². The third-order valence-electron chi connectivity index (χ3n) is 6.01. The predicted octanol–water partition coefficient (Wildman–Crippen LogP) is 6.43. The normalized spacial score (nSPS) is 14.9. The molecule has 0 heterocycles. The summed E-state index contributed by atoms with van der Waals surface area (Å²) in [4.78, 5) is 9.86. The molecule has 0 aromatic heterocycles. The largest absolute Gasteiger partial charge is 0.472 e. The average molecular weight is 510 g/mol. The molecular formula is C26H58N2O5P+. The van der Waals surface area contributed by atoms with Crippen molar-refractivity contribution in [3.8, 4) is 0 Å². The number of phosphoric acid groups is 1. The Labute approximate surface area is 211 Å². The number of unbranched alkanes of at least 4 members (excludes halogenated alkanes) is 15. The lowest BCUT2D eigenvalue weighted by atomic mass is 10.0. The molecule has 8 heteroatoms. The number of phosphoric ester groups is 1. The Kier molecular flexibility index (Phi) is 22.2. The first-order valence-electron chi connectivity index (χ1n) is 13.9. The number of ether oxygens (including phenoxy) is 1. The van der Waals surface area contributed by atoms with Gasteiger partial charge in [-0.05, 0) is 6.42 Å². The van der Waals surface area contributed by atoms with Gasteiger partial charge in [-0.1, -0.05) is 103 Å². The number of nitrogens with zero attached hydrogens (tertiary/aromatic N) is 1. The van der Waals surface area contributed by atoms with E-state index in [1.165, 1.54) is 89.9 Å². The van der Waals surface area contributed by atoms with E-state index in [0.717, 1.165) is 12.8 Å². The molecule has 3 N–H and O–H groups in total. The Hall–Kier alpha value is -0.0100. The van der Waals surface area contributed by atoms with Gasteiger partial charge < -0.3 is 19.8 Å². The van der Waals surface area contributed by atoms with E-state index in [4.69, 9.17) is 19.5 Å². The van der Waals surface area contributed by atoms with Crippen molar-refractivity contribution in [2.24, 2.45) is 5.73 Å². The minimum absolute atomic E-state index is 0.113. The number of hydrogen-bond acceptors (Lipinski definition) is 5. The maximum Gasteiger partial charge on any atom is 0.472 e. The second kappa shape index (κ2) is 22.2. The summed E-state index contributed by atoms with van der Waals surface area (Å²) < 4.78 is 28.5. The summed E-state index contributed by atoms with van der Waals surface area (Å²) >= 11 is 0. The molecule has 0 aliphatic heterocycles. The van der Waals surface area contributed by atoms with Crippen LogP contribution in [0.25, 0.3) is 0 Å². The lowest BCUT2D eigenvalue weighted by molar-refractivity contribution is -0.870. The predicted molar refractivity (Wildman–Crippen MR) is 143 cm³/mol. The molecule has 0 aliphatic carbocycles. The van der Waals surface area contributed by atoms with Crippen LogP contribution >= 0.6 is 7.82 Å². The second-order valence-electron chi connectivity index (χ2n) is 10.7. The van der Waals surface area contributed by atoms with E-state index in [1.54, 1.807) is 0 Å². The number of likely N-dealkylation sites (N-methyl/N-ethyl adjacent to an activating group) is 1. The van der Waals surface area contributed by atoms with Crippen LogP contribution in [0.2, 0.25) is 0 Å². The highest BCUT2D eigenvalue weighted by Crippen LogP contribution is 2.44. The molecule has 0 spiro atoms. The van der Waals surface area contributed by atoms with Gasteiger partial charge in [-0.2, -0.15) is 0 Å². The van der Waals surface area contributed by atoms with Crippen molar-refractivity contribution in [1.82, 2.24) is 0 Å². The molecule has 0 aliphatic rings. The van der Waals surface area contributed by atoms with Gasteiger partial charge in [-0.15, -0.1) is 0 Å². The smallest absolute Gasteiger partial charge is 0.379 e. The Morgan fingerprint density at radius 3 is 1.62 bits per heavy atom. The van der Waals surface area contributed by atoms with Crippen LogP contribution in [0.1, 0.15) is 110 Å². The van der Waals surface area contributed by atoms with Gasteiger partial charge in [0.2, 0.25) is 0 Å². The molecule has 0 fully saturated rings. The highest BCUT2D eigenvalue weighted by Gasteiger charge is 2.27. The van der Waals surface area contributed by atoms with E-state index in [9.17, 15) is 9.46 Å². The average Bonchev–Trinajstić information content (AvgIpc) is 2.76. The summed E-state index contributed by atoms with van der Waals surface area (Å²) in [7, 11) is 1.85. The van der Waals surface area contributed by atoms with Crippen LogP contribution in [0.3, 0.4) is 0 Å². The Balaban J connectivity index is 3.49. The van der Waals surface area contributed by atoms with Gasteiger partial charge in [0, 0.05) is 13.2 Å². The van der Waals surface area contributed by atoms with Crippen LogP contribution in [0.5, 0.6) is 0 Å². The molecule has 0 aromatic carbocycles. The van der Waals surface area contributed by atoms with Crippen molar-refractivity contribution in [3.05, 3.63) is 0 Å². The molecular weight excluding hydrogens is 451 g/mol. The zero-order valence-corrected chi connectivity index (χ0v) is 23.9. The molecule has 0 rings (SSSR count). The van der Waals surface area contributed by atoms with Gasteiger partial charge in [0.1, 0.15) is 19.3 Å². The Morgan fingerprint density at radius 2 is 1.21 bits per heavy atom. The van der Waals surface area contributed by atoms with E-state index in [0.29, 0.717) is 17.6 Å². The fourth-order valence-electron chi connectivity index (χ4n) is 3.76. The molecule has 0 saturated carbocycles. The molecule has 0 radical (unpaired) electrons. The summed E-state index contributed by atoms with van der Waals surface area (Å²) in [5.41, 5.74) is 5.66. The first kappa shape index (κ1) is 34.0. The summed E-state index contributed by atoms with van der Waals surface area (Å²) in [6, 6.07) is 0. The van der Waals surface area contributed by atoms with E-state index in [2.05, 4.69) is 6.92 Å². The lowest BCUT2D eigenvalue weighted by Gasteiger charge is -2.25. The molecule has 34 heavy (non-hydrogen) atoms. The molecule has 2 atom stereocenters. The molecule has 0 bridgehead atoms. The summed E-state index contributed by atoms with van der Waals surface area (Å²) in [6.45, 7) is 3.97. The van der Waals surface area contributed by atoms with E-state index in [-0.39, 0.29) is 19.8 Å². The van der Waals surface area contributed by atoms with Crippen LogP contribution in [0.4, 0.5) is 0 Å². The van der Waals surface area contributed by atoms with Gasteiger partial charge >= 0.3 is 7.82 Å². The standard InChI is InChI=1S/C26H57N2O5P/c1-5-6-7-8-9-10-11-12-13-14-15-16-17-18-19-20-22-31-25-26(24-27)33-34(29,30)32-23-21-28(2,3)4/h26H,5-25,27H2,1-4H3/p+1. The van der Waals surface area contributed by atoms with Crippen molar-refractivity contribution < 1.29 is 27.7 Å². The third-order valence-corrected chi connectivity index (χ3v) is 7.08. The SMILES string of the molecule is CCCCCCCCCCCCCCCCCCOCC(CN)OP(=O)(O)OCC[N+](C)(C)C. The fraction of sp³-hybridized carbons (Fsp3) is 1.00. The van der Waals surface area contributed by atoms with Gasteiger partial charge in [0.15, 0.2) is 0 Å². The van der Waals surface area contributed by atoms with Crippen molar-refractivity contribution in [2.45, 2.75) is 116 Å². The van der Waals surface area contributed by atoms with Gasteiger partial charge in [-0.3, -0.25) is 9.05 Å². The topological polar surface area (TPSA) is 91.0 Å². The summed E-state index contributed by atoms with van der Waals surface area (Å²) in [5, 5.41) is 0. The first-order chi connectivity index (χ1) is 16.2. The van der Waals surface area contributed by atoms with Crippen molar-refractivity contribution >= 4 is 7.82 Å². The molecule has 206 valence electrons. The van der Waals surface area contributed by atoms with Crippen LogP contribution in [0.15, 0.2) is 0 Å². The maximum atomic E-state index is 12.1. The number of rotatable bonds is 26. The van der Waals surface area contributed by atoms with Crippen LogP contribution < -0.4 is 5.73 Å². The number of nitrogens with two attached hydrogens (primary N) is 1. The van der Waals surface area contributed by atoms with E-state index >= 15 is 0 Å². The Bertz CT molecular complexity index is 488. The van der Waals surface area contributed by atoms with E-state index in [1.807, 2.05) is 21.1 Å². The van der Waals surface area contributed by atoms with Crippen LogP contribution in [0, 0.1) is 0 Å². The van der Waals surface area contributed by atoms with Gasteiger partial charge in [0.25, 0.3) is 0 Å². The monoisotopic (exact) mass is 509 g/mol. The van der Waals surface area contributed by atoms with Gasteiger partial charge in [-0.25, -0.2) is 4.57 Å². The zero-order valence-electron chi connectivity index (χ0n) is 23.0. The quantitative estimate of drug-likeness (QED) is 0.0793. The minimum atomic E-state index is -4.12. The number of quaternary nitrogens is 1. The summed E-state index contributed by atoms with van der Waals surface area (Å²) in [6.07, 6.45) is 20.8.